The van der Waals surface area contributed by atoms with Gasteiger partial charge in [0.15, 0.2) is 0 Å². The van der Waals surface area contributed by atoms with E-state index in [-0.39, 0.29) is 5.41 Å². The molecule has 0 atom stereocenters. The van der Waals surface area contributed by atoms with Crippen LogP contribution < -0.4 is 10.2 Å². The monoisotopic (exact) mass is 334 g/mol. The zero-order valence-electron chi connectivity index (χ0n) is 16.1. The van der Waals surface area contributed by atoms with Gasteiger partial charge in [-0.1, -0.05) is 75.9 Å². The molecular formula is C23H30N2. The number of allylic oxidation sites excluding steroid dienone is 1. The van der Waals surface area contributed by atoms with Crippen LogP contribution in [0.25, 0.3) is 11.8 Å². The van der Waals surface area contributed by atoms with Crippen molar-refractivity contribution in [3.05, 3.63) is 77.9 Å². The van der Waals surface area contributed by atoms with Gasteiger partial charge in [-0.2, -0.15) is 0 Å². The maximum atomic E-state index is 4.16. The van der Waals surface area contributed by atoms with Crippen molar-refractivity contribution in [2.75, 3.05) is 19.0 Å². The van der Waals surface area contributed by atoms with Crippen molar-refractivity contribution in [1.29, 1.82) is 0 Å². The Bertz CT molecular complexity index is 714. The van der Waals surface area contributed by atoms with Gasteiger partial charge in [-0.15, -0.1) is 0 Å². The Morgan fingerprint density at radius 2 is 1.60 bits per heavy atom. The van der Waals surface area contributed by atoms with Gasteiger partial charge >= 0.3 is 0 Å². The molecule has 0 bridgehead atoms. The van der Waals surface area contributed by atoms with Crippen molar-refractivity contribution in [3.8, 4) is 0 Å². The Labute approximate surface area is 152 Å². The minimum Gasteiger partial charge on any atom is -0.381 e. The highest BCUT2D eigenvalue weighted by molar-refractivity contribution is 5.64. The number of hydrogen-bond donors (Lipinski definition) is 1. The standard InChI is InChI=1S/C23H30N2/c1-18(24-17-20-9-13-22(14-10-20)25(5)6)21-11-7-19(8-12-21)15-16-23(2,3)4/h7-16,24H,1,17H2,2-6H3/b16-15+. The first-order valence-corrected chi connectivity index (χ1v) is 8.73. The highest BCUT2D eigenvalue weighted by Gasteiger charge is 2.04. The van der Waals surface area contributed by atoms with Crippen LogP contribution in [0, 0.1) is 5.41 Å². The summed E-state index contributed by atoms with van der Waals surface area (Å²) in [6.07, 6.45) is 4.40. The average molecular weight is 335 g/mol. The molecule has 132 valence electrons. The molecule has 25 heavy (non-hydrogen) atoms. The van der Waals surface area contributed by atoms with Crippen LogP contribution in [-0.4, -0.2) is 14.1 Å². The second-order valence-electron chi connectivity index (χ2n) is 7.71. The van der Waals surface area contributed by atoms with E-state index in [1.165, 1.54) is 16.8 Å². The highest BCUT2D eigenvalue weighted by Crippen LogP contribution is 2.19. The van der Waals surface area contributed by atoms with Crippen LogP contribution in [0.4, 0.5) is 5.69 Å². The predicted molar refractivity (Wildman–Crippen MR) is 112 cm³/mol. The second-order valence-corrected chi connectivity index (χ2v) is 7.71. The molecular weight excluding hydrogens is 304 g/mol. The van der Waals surface area contributed by atoms with Crippen molar-refractivity contribution < 1.29 is 0 Å². The van der Waals surface area contributed by atoms with Gasteiger partial charge in [0.2, 0.25) is 0 Å². The number of benzene rings is 2. The topological polar surface area (TPSA) is 15.3 Å². The number of nitrogens with one attached hydrogen (secondary N) is 1. The minimum absolute atomic E-state index is 0.200. The number of anilines is 1. The van der Waals surface area contributed by atoms with Crippen LogP contribution in [0.1, 0.15) is 37.5 Å². The maximum Gasteiger partial charge on any atom is 0.0400 e. The predicted octanol–water partition coefficient (Wildman–Crippen LogP) is 5.57. The number of nitrogens with zero attached hydrogens (tertiary/aromatic N) is 1. The second kappa shape index (κ2) is 8.06. The lowest BCUT2D eigenvalue weighted by Gasteiger charge is -2.14. The Kier molecular flexibility index (Phi) is 6.08. The molecule has 2 aromatic rings. The summed E-state index contributed by atoms with van der Waals surface area (Å²) in [5.41, 5.74) is 5.94. The third-order valence-electron chi connectivity index (χ3n) is 3.99. The first-order valence-electron chi connectivity index (χ1n) is 8.73. The van der Waals surface area contributed by atoms with Gasteiger partial charge in [0.05, 0.1) is 0 Å². The van der Waals surface area contributed by atoms with Crippen LogP contribution >= 0.6 is 0 Å². The van der Waals surface area contributed by atoms with Gasteiger partial charge in [-0.05, 0) is 34.2 Å². The van der Waals surface area contributed by atoms with Crippen molar-refractivity contribution >= 4 is 17.5 Å². The summed E-state index contributed by atoms with van der Waals surface area (Å²) in [5, 5.41) is 3.41. The Morgan fingerprint density at radius 1 is 1.00 bits per heavy atom. The summed E-state index contributed by atoms with van der Waals surface area (Å²) >= 11 is 0. The molecule has 0 aliphatic carbocycles. The van der Waals surface area contributed by atoms with Crippen LogP contribution in [-0.2, 0) is 6.54 Å². The van der Waals surface area contributed by atoms with Crippen LogP contribution in [0.3, 0.4) is 0 Å². The van der Waals surface area contributed by atoms with Crippen molar-refractivity contribution in [3.63, 3.8) is 0 Å². The largest absolute Gasteiger partial charge is 0.381 e. The van der Waals surface area contributed by atoms with E-state index in [0.717, 1.165) is 17.8 Å². The minimum atomic E-state index is 0.200. The quantitative estimate of drug-likeness (QED) is 0.742. The SMILES string of the molecule is C=C(NCc1ccc(N(C)C)cc1)c1ccc(/C=C/C(C)(C)C)cc1. The molecule has 0 unspecified atom stereocenters. The number of hydrogen-bond acceptors (Lipinski definition) is 2. The molecule has 2 aromatic carbocycles. The lowest BCUT2D eigenvalue weighted by atomic mass is 9.95. The molecule has 0 aromatic heterocycles. The van der Waals surface area contributed by atoms with Crippen LogP contribution in [0.2, 0.25) is 0 Å². The van der Waals surface area contributed by atoms with E-state index in [9.17, 15) is 0 Å². The van der Waals surface area contributed by atoms with Crippen LogP contribution in [0.15, 0.2) is 61.2 Å². The normalized spacial score (nSPS) is 11.6. The van der Waals surface area contributed by atoms with Crippen molar-refractivity contribution in [1.82, 2.24) is 5.32 Å². The van der Waals surface area contributed by atoms with E-state index in [1.807, 2.05) is 0 Å². The Morgan fingerprint density at radius 3 is 2.12 bits per heavy atom. The summed E-state index contributed by atoms with van der Waals surface area (Å²) in [6.45, 7) is 11.5. The van der Waals surface area contributed by atoms with Gasteiger partial charge in [0, 0.05) is 32.0 Å². The smallest absolute Gasteiger partial charge is 0.0400 e. The van der Waals surface area contributed by atoms with Crippen LogP contribution in [0.5, 0.6) is 0 Å². The summed E-state index contributed by atoms with van der Waals surface area (Å²) in [5.74, 6) is 0. The fraction of sp³-hybridized carbons (Fsp3) is 0.304. The van der Waals surface area contributed by atoms with Gasteiger partial charge < -0.3 is 10.2 Å². The van der Waals surface area contributed by atoms with E-state index in [2.05, 4.69) is 112 Å². The molecule has 0 saturated carbocycles. The zero-order valence-corrected chi connectivity index (χ0v) is 16.1. The first-order chi connectivity index (χ1) is 11.7. The van der Waals surface area contributed by atoms with Gasteiger partial charge in [0.25, 0.3) is 0 Å². The molecule has 2 nitrogen and oxygen atoms in total. The van der Waals surface area contributed by atoms with E-state index in [0.29, 0.717) is 0 Å². The number of rotatable bonds is 6. The molecule has 0 aliphatic heterocycles. The lowest BCUT2D eigenvalue weighted by molar-refractivity contribution is 0.547. The average Bonchev–Trinajstić information content (AvgIpc) is 2.58. The van der Waals surface area contributed by atoms with Crippen molar-refractivity contribution in [2.24, 2.45) is 5.41 Å². The molecule has 0 saturated heterocycles. The summed E-state index contributed by atoms with van der Waals surface area (Å²) < 4.78 is 0. The third kappa shape index (κ3) is 6.15. The molecule has 0 amide bonds. The Balaban J connectivity index is 1.93. The summed E-state index contributed by atoms with van der Waals surface area (Å²) in [7, 11) is 4.10. The molecule has 2 rings (SSSR count). The lowest BCUT2D eigenvalue weighted by Crippen LogP contribution is -2.12. The fourth-order valence-electron chi connectivity index (χ4n) is 2.36. The fourth-order valence-corrected chi connectivity index (χ4v) is 2.36. The summed E-state index contributed by atoms with van der Waals surface area (Å²) in [6, 6.07) is 17.1. The van der Waals surface area contributed by atoms with E-state index >= 15 is 0 Å². The molecule has 0 aliphatic rings. The molecule has 0 spiro atoms. The van der Waals surface area contributed by atoms with Crippen molar-refractivity contribution in [2.45, 2.75) is 27.3 Å². The molecule has 0 heterocycles. The van der Waals surface area contributed by atoms with E-state index in [1.54, 1.807) is 0 Å². The first kappa shape index (κ1) is 18.9. The highest BCUT2D eigenvalue weighted by atomic mass is 15.1. The zero-order chi connectivity index (χ0) is 18.4. The van der Waals surface area contributed by atoms with E-state index in [4.69, 9.17) is 0 Å². The molecule has 2 heteroatoms. The van der Waals surface area contributed by atoms with Gasteiger partial charge in [-0.25, -0.2) is 0 Å². The maximum absolute atomic E-state index is 4.16. The molecule has 0 fully saturated rings. The molecule has 0 radical (unpaired) electrons. The third-order valence-corrected chi connectivity index (χ3v) is 3.99. The van der Waals surface area contributed by atoms with E-state index < -0.39 is 0 Å². The summed E-state index contributed by atoms with van der Waals surface area (Å²) in [4.78, 5) is 2.10. The van der Waals surface area contributed by atoms with Gasteiger partial charge in [0.1, 0.15) is 0 Å². The molecule has 1 N–H and O–H groups in total. The van der Waals surface area contributed by atoms with Gasteiger partial charge in [-0.3, -0.25) is 0 Å². The Hall–Kier alpha value is -2.48.